The van der Waals surface area contributed by atoms with Crippen molar-refractivity contribution in [3.63, 3.8) is 0 Å². The van der Waals surface area contributed by atoms with Crippen LogP contribution < -0.4 is 10.6 Å². The van der Waals surface area contributed by atoms with Crippen LogP contribution in [0.15, 0.2) is 29.8 Å². The third kappa shape index (κ3) is 3.94. The first-order valence-corrected chi connectivity index (χ1v) is 8.03. The minimum Gasteiger partial charge on any atom is -0.326 e. The molecular weight excluding hydrogens is 312 g/mol. The molecular formula is C18H23ClN2O2. The minimum absolute atomic E-state index is 0.000781. The summed E-state index contributed by atoms with van der Waals surface area (Å²) < 4.78 is 0. The van der Waals surface area contributed by atoms with Gasteiger partial charge in [-0.2, -0.15) is 0 Å². The molecule has 2 unspecified atom stereocenters. The van der Waals surface area contributed by atoms with Crippen LogP contribution in [0.25, 0.3) is 0 Å². The molecule has 1 saturated carbocycles. The zero-order valence-corrected chi connectivity index (χ0v) is 14.9. The normalized spacial score (nSPS) is 21.3. The lowest BCUT2D eigenvalue weighted by Gasteiger charge is -2.09. The van der Waals surface area contributed by atoms with Gasteiger partial charge in [-0.1, -0.05) is 37.1 Å². The zero-order valence-electron chi connectivity index (χ0n) is 14.2. The summed E-state index contributed by atoms with van der Waals surface area (Å²) in [5, 5.41) is 5.95. The molecule has 23 heavy (non-hydrogen) atoms. The summed E-state index contributed by atoms with van der Waals surface area (Å²) in [5.41, 5.74) is 2.36. The maximum absolute atomic E-state index is 12.5. The molecule has 5 heteroatoms. The van der Waals surface area contributed by atoms with E-state index in [2.05, 4.69) is 30.6 Å². The van der Waals surface area contributed by atoms with Gasteiger partial charge < -0.3 is 10.6 Å². The van der Waals surface area contributed by atoms with E-state index in [1.807, 2.05) is 13.8 Å². The van der Waals surface area contributed by atoms with Crippen molar-refractivity contribution in [3.05, 3.63) is 34.9 Å². The van der Waals surface area contributed by atoms with Crippen molar-refractivity contribution < 1.29 is 9.59 Å². The van der Waals surface area contributed by atoms with Crippen LogP contribution in [-0.4, -0.2) is 11.8 Å². The summed E-state index contributed by atoms with van der Waals surface area (Å²) in [4.78, 5) is 23.6. The van der Waals surface area contributed by atoms with Gasteiger partial charge in [-0.15, -0.1) is 0 Å². The Hall–Kier alpha value is -1.81. The Labute approximate surface area is 142 Å². The van der Waals surface area contributed by atoms with E-state index in [-0.39, 0.29) is 29.1 Å². The molecule has 1 aromatic rings. The average Bonchev–Trinajstić information content (AvgIpc) is 2.92. The number of amides is 2. The summed E-state index contributed by atoms with van der Waals surface area (Å²) in [7, 11) is 0. The Morgan fingerprint density at radius 3 is 2.35 bits per heavy atom. The fourth-order valence-corrected chi connectivity index (χ4v) is 3.18. The molecule has 1 aromatic carbocycles. The van der Waals surface area contributed by atoms with E-state index < -0.39 is 0 Å². The van der Waals surface area contributed by atoms with Gasteiger partial charge in [-0.3, -0.25) is 9.59 Å². The molecule has 1 fully saturated rings. The number of allylic oxidation sites excluding steroid dienone is 2. The van der Waals surface area contributed by atoms with Gasteiger partial charge in [-0.25, -0.2) is 0 Å². The van der Waals surface area contributed by atoms with Crippen molar-refractivity contribution in [3.8, 4) is 0 Å². The summed E-state index contributed by atoms with van der Waals surface area (Å²) >= 11 is 6.13. The highest BCUT2D eigenvalue weighted by molar-refractivity contribution is 6.34. The van der Waals surface area contributed by atoms with E-state index in [4.69, 9.17) is 11.6 Å². The SMILES string of the molecule is CC(=O)Nc1ccc(NC(=O)C2C(C=C(C)C)C2(C)C)cc1Cl. The van der Waals surface area contributed by atoms with Crippen LogP contribution in [0.4, 0.5) is 11.4 Å². The summed E-state index contributed by atoms with van der Waals surface area (Å²) in [6, 6.07) is 5.07. The molecule has 2 amide bonds. The molecule has 2 atom stereocenters. The van der Waals surface area contributed by atoms with Crippen LogP contribution in [0.1, 0.15) is 34.6 Å². The predicted octanol–water partition coefficient (Wildman–Crippen LogP) is 4.48. The summed E-state index contributed by atoms with van der Waals surface area (Å²) in [6.07, 6.45) is 2.16. The van der Waals surface area contributed by atoms with Crippen LogP contribution in [0, 0.1) is 17.3 Å². The molecule has 2 N–H and O–H groups in total. The van der Waals surface area contributed by atoms with E-state index in [1.165, 1.54) is 12.5 Å². The molecule has 2 rings (SSSR count). The van der Waals surface area contributed by atoms with Gasteiger partial charge in [-0.05, 0) is 43.4 Å². The second-order valence-electron chi connectivity index (χ2n) is 6.93. The van der Waals surface area contributed by atoms with E-state index in [9.17, 15) is 9.59 Å². The van der Waals surface area contributed by atoms with Crippen LogP contribution >= 0.6 is 11.6 Å². The van der Waals surface area contributed by atoms with Gasteiger partial charge in [0.2, 0.25) is 11.8 Å². The maximum Gasteiger partial charge on any atom is 0.228 e. The van der Waals surface area contributed by atoms with Crippen molar-refractivity contribution in [2.75, 3.05) is 10.6 Å². The summed E-state index contributed by atoms with van der Waals surface area (Å²) in [5.74, 6) is 0.0432. The van der Waals surface area contributed by atoms with Crippen molar-refractivity contribution in [2.45, 2.75) is 34.6 Å². The largest absolute Gasteiger partial charge is 0.326 e. The van der Waals surface area contributed by atoms with Gasteiger partial charge in [0.25, 0.3) is 0 Å². The highest BCUT2D eigenvalue weighted by atomic mass is 35.5. The number of hydrogen-bond acceptors (Lipinski definition) is 2. The third-order valence-corrected chi connectivity index (χ3v) is 4.57. The number of rotatable bonds is 4. The standard InChI is InChI=1S/C18H23ClN2O2/c1-10(2)8-13-16(18(13,4)5)17(23)21-12-6-7-15(14(19)9-12)20-11(3)22/h6-9,13,16H,1-5H3,(H,20,22)(H,21,23). The van der Waals surface area contributed by atoms with Crippen LogP contribution in [0.3, 0.4) is 0 Å². The Morgan fingerprint density at radius 1 is 1.17 bits per heavy atom. The second kappa shape index (κ2) is 6.36. The molecule has 0 spiro atoms. The molecule has 0 heterocycles. The number of benzene rings is 1. The monoisotopic (exact) mass is 334 g/mol. The van der Waals surface area contributed by atoms with E-state index in [0.717, 1.165) is 0 Å². The Kier molecular flexibility index (Phi) is 4.85. The lowest BCUT2D eigenvalue weighted by molar-refractivity contribution is -0.118. The molecule has 0 aromatic heterocycles. The Morgan fingerprint density at radius 2 is 1.83 bits per heavy atom. The maximum atomic E-state index is 12.5. The van der Waals surface area contributed by atoms with E-state index >= 15 is 0 Å². The zero-order chi connectivity index (χ0) is 17.4. The molecule has 1 aliphatic carbocycles. The van der Waals surface area contributed by atoms with Gasteiger partial charge in [0.15, 0.2) is 0 Å². The molecule has 0 radical (unpaired) electrons. The third-order valence-electron chi connectivity index (χ3n) is 4.25. The van der Waals surface area contributed by atoms with Crippen molar-refractivity contribution in [2.24, 2.45) is 17.3 Å². The van der Waals surface area contributed by atoms with Gasteiger partial charge in [0, 0.05) is 12.6 Å². The van der Waals surface area contributed by atoms with Gasteiger partial charge >= 0.3 is 0 Å². The Bertz CT molecular complexity index is 676. The fourth-order valence-electron chi connectivity index (χ4n) is 2.95. The number of nitrogens with one attached hydrogen (secondary N) is 2. The van der Waals surface area contributed by atoms with Gasteiger partial charge in [0.1, 0.15) is 0 Å². The molecule has 4 nitrogen and oxygen atoms in total. The predicted molar refractivity (Wildman–Crippen MR) is 94.6 cm³/mol. The Balaban J connectivity index is 2.08. The number of carbonyl (C=O) groups is 2. The van der Waals surface area contributed by atoms with Crippen molar-refractivity contribution in [1.82, 2.24) is 0 Å². The quantitative estimate of drug-likeness (QED) is 0.798. The van der Waals surface area contributed by atoms with Crippen LogP contribution in [0.2, 0.25) is 5.02 Å². The highest BCUT2D eigenvalue weighted by Crippen LogP contribution is 2.59. The van der Waals surface area contributed by atoms with E-state index in [1.54, 1.807) is 18.2 Å². The molecule has 0 bridgehead atoms. The first kappa shape index (κ1) is 17.5. The highest BCUT2D eigenvalue weighted by Gasteiger charge is 2.60. The summed E-state index contributed by atoms with van der Waals surface area (Å²) in [6.45, 7) is 9.72. The molecule has 1 aliphatic rings. The van der Waals surface area contributed by atoms with Crippen LogP contribution in [-0.2, 0) is 9.59 Å². The fraction of sp³-hybridized carbons (Fsp3) is 0.444. The molecule has 0 aliphatic heterocycles. The lowest BCUT2D eigenvalue weighted by Crippen LogP contribution is -2.17. The number of halogens is 1. The molecule has 0 saturated heterocycles. The smallest absolute Gasteiger partial charge is 0.228 e. The van der Waals surface area contributed by atoms with Crippen molar-refractivity contribution in [1.29, 1.82) is 0 Å². The topological polar surface area (TPSA) is 58.2 Å². The molecule has 124 valence electrons. The van der Waals surface area contributed by atoms with Crippen molar-refractivity contribution >= 4 is 34.8 Å². The average molecular weight is 335 g/mol. The second-order valence-corrected chi connectivity index (χ2v) is 7.34. The lowest BCUT2D eigenvalue weighted by atomic mass is 10.1. The first-order valence-electron chi connectivity index (χ1n) is 7.66. The number of anilines is 2. The number of hydrogen-bond donors (Lipinski definition) is 2. The van der Waals surface area contributed by atoms with E-state index in [0.29, 0.717) is 16.4 Å². The number of carbonyl (C=O) groups excluding carboxylic acids is 2. The first-order chi connectivity index (χ1) is 10.6. The van der Waals surface area contributed by atoms with Crippen LogP contribution in [0.5, 0.6) is 0 Å². The minimum atomic E-state index is -0.187. The van der Waals surface area contributed by atoms with Gasteiger partial charge in [0.05, 0.1) is 16.6 Å².